The van der Waals surface area contributed by atoms with Gasteiger partial charge in [-0.05, 0) is 47.1 Å². The van der Waals surface area contributed by atoms with Crippen molar-refractivity contribution in [2.24, 2.45) is 0 Å². The number of amides is 2. The van der Waals surface area contributed by atoms with Gasteiger partial charge < -0.3 is 15.0 Å². The van der Waals surface area contributed by atoms with Gasteiger partial charge in [-0.3, -0.25) is 9.59 Å². The van der Waals surface area contributed by atoms with Gasteiger partial charge in [0.2, 0.25) is 11.8 Å². The van der Waals surface area contributed by atoms with Gasteiger partial charge in [-0.1, -0.05) is 12.1 Å². The molecular weight excluding hydrogens is 374 g/mol. The van der Waals surface area contributed by atoms with E-state index in [1.165, 1.54) is 4.90 Å². The fourth-order valence-electron chi connectivity index (χ4n) is 2.05. The van der Waals surface area contributed by atoms with Gasteiger partial charge in [0.1, 0.15) is 5.56 Å². The number of pyridine rings is 1. The zero-order valence-corrected chi connectivity index (χ0v) is 15.0. The van der Waals surface area contributed by atoms with E-state index in [-0.39, 0.29) is 24.2 Å². The summed E-state index contributed by atoms with van der Waals surface area (Å²) in [6.45, 7) is 2.14. The maximum absolute atomic E-state index is 12.5. The Morgan fingerprint density at radius 1 is 1.25 bits per heavy atom. The molecule has 126 valence electrons. The molecule has 1 N–H and O–H groups in total. The zero-order chi connectivity index (χ0) is 17.5. The van der Waals surface area contributed by atoms with Crippen molar-refractivity contribution in [3.8, 4) is 5.88 Å². The number of ether oxygens (including phenoxy) is 1. The predicted octanol–water partition coefficient (Wildman–Crippen LogP) is 2.95. The first-order valence-electron chi connectivity index (χ1n) is 7.40. The number of rotatable bonds is 6. The molecule has 6 nitrogen and oxygen atoms in total. The number of benzene rings is 1. The maximum atomic E-state index is 12.5. The van der Waals surface area contributed by atoms with Crippen molar-refractivity contribution in [1.82, 2.24) is 9.88 Å². The van der Waals surface area contributed by atoms with Crippen molar-refractivity contribution in [3.63, 3.8) is 0 Å². The van der Waals surface area contributed by atoms with Gasteiger partial charge in [-0.15, -0.1) is 0 Å². The molecule has 1 heterocycles. The van der Waals surface area contributed by atoms with Crippen molar-refractivity contribution in [1.29, 1.82) is 0 Å². The van der Waals surface area contributed by atoms with Crippen LogP contribution >= 0.6 is 15.9 Å². The number of nitrogens with zero attached hydrogens (tertiary/aromatic N) is 2. The van der Waals surface area contributed by atoms with E-state index in [0.29, 0.717) is 17.9 Å². The lowest BCUT2D eigenvalue weighted by Gasteiger charge is -2.18. The summed E-state index contributed by atoms with van der Waals surface area (Å²) in [5, 5.41) is 2.76. The van der Waals surface area contributed by atoms with Crippen LogP contribution in [-0.4, -0.2) is 41.9 Å². The first kappa shape index (κ1) is 17.9. The summed E-state index contributed by atoms with van der Waals surface area (Å²) in [7, 11) is 1.56. The third-order valence-corrected chi connectivity index (χ3v) is 3.85. The minimum absolute atomic E-state index is 0.0827. The molecule has 0 bridgehead atoms. The zero-order valence-electron chi connectivity index (χ0n) is 13.5. The second-order valence-corrected chi connectivity index (χ2v) is 5.83. The van der Waals surface area contributed by atoms with E-state index < -0.39 is 0 Å². The molecule has 2 aromatic rings. The Morgan fingerprint density at radius 2 is 2.00 bits per heavy atom. The Hall–Kier alpha value is -2.41. The molecule has 0 saturated heterocycles. The number of aromatic nitrogens is 1. The number of carbonyl (C=O) groups is 2. The Morgan fingerprint density at radius 3 is 2.71 bits per heavy atom. The first-order chi connectivity index (χ1) is 11.5. The van der Waals surface area contributed by atoms with E-state index in [9.17, 15) is 9.59 Å². The molecular formula is C17H18BrN3O3. The summed E-state index contributed by atoms with van der Waals surface area (Å²) in [5.74, 6) is -0.350. The number of halogens is 1. The van der Waals surface area contributed by atoms with Crippen LogP contribution in [0.1, 0.15) is 17.3 Å². The van der Waals surface area contributed by atoms with E-state index in [1.54, 1.807) is 31.4 Å². The third kappa shape index (κ3) is 4.55. The van der Waals surface area contributed by atoms with E-state index in [1.807, 2.05) is 25.1 Å². The highest BCUT2D eigenvalue weighted by Gasteiger charge is 2.19. The number of para-hydroxylation sites is 1. The van der Waals surface area contributed by atoms with Crippen LogP contribution in [0.4, 0.5) is 5.69 Å². The van der Waals surface area contributed by atoms with Crippen LogP contribution in [0.15, 0.2) is 47.1 Å². The summed E-state index contributed by atoms with van der Waals surface area (Å²) < 4.78 is 6.14. The number of carbonyl (C=O) groups excluding carboxylic acids is 2. The highest BCUT2D eigenvalue weighted by Crippen LogP contribution is 2.21. The van der Waals surface area contributed by atoms with Crippen LogP contribution in [0.3, 0.4) is 0 Å². The predicted molar refractivity (Wildman–Crippen MR) is 95.1 cm³/mol. The molecule has 2 amide bonds. The summed E-state index contributed by atoms with van der Waals surface area (Å²) in [6, 6.07) is 10.6. The van der Waals surface area contributed by atoms with Crippen LogP contribution in [0.25, 0.3) is 0 Å². The van der Waals surface area contributed by atoms with Crippen LogP contribution in [-0.2, 0) is 4.79 Å². The molecule has 0 aliphatic heterocycles. The van der Waals surface area contributed by atoms with Gasteiger partial charge in [0, 0.05) is 17.7 Å². The number of anilines is 1. The van der Waals surface area contributed by atoms with Gasteiger partial charge in [-0.25, -0.2) is 4.98 Å². The minimum atomic E-state index is -0.325. The molecule has 0 unspecified atom stereocenters. The Balaban J connectivity index is 2.04. The van der Waals surface area contributed by atoms with Gasteiger partial charge in [0.05, 0.1) is 18.8 Å². The van der Waals surface area contributed by atoms with Crippen LogP contribution in [0.2, 0.25) is 0 Å². The smallest absolute Gasteiger partial charge is 0.259 e. The largest absolute Gasteiger partial charge is 0.477 e. The van der Waals surface area contributed by atoms with Gasteiger partial charge >= 0.3 is 0 Å². The van der Waals surface area contributed by atoms with E-state index in [4.69, 9.17) is 4.74 Å². The van der Waals surface area contributed by atoms with Crippen molar-refractivity contribution < 1.29 is 14.3 Å². The number of hydrogen-bond donors (Lipinski definition) is 1. The first-order valence-corrected chi connectivity index (χ1v) is 8.20. The van der Waals surface area contributed by atoms with Gasteiger partial charge in [0.25, 0.3) is 5.91 Å². The second kappa shape index (κ2) is 8.44. The summed E-state index contributed by atoms with van der Waals surface area (Å²) in [6.07, 6.45) is 1.56. The molecule has 0 saturated carbocycles. The average molecular weight is 392 g/mol. The SMILES string of the molecule is CCOc1ncccc1C(=O)N(C)CC(=O)Nc1ccccc1Br. The topological polar surface area (TPSA) is 71.5 Å². The molecule has 0 spiro atoms. The molecule has 0 fully saturated rings. The normalized spacial score (nSPS) is 10.1. The quantitative estimate of drug-likeness (QED) is 0.821. The molecule has 1 aromatic carbocycles. The van der Waals surface area contributed by atoms with Gasteiger partial charge in [-0.2, -0.15) is 0 Å². The van der Waals surface area contributed by atoms with Crippen molar-refractivity contribution >= 4 is 33.4 Å². The van der Waals surface area contributed by atoms with Crippen LogP contribution < -0.4 is 10.1 Å². The van der Waals surface area contributed by atoms with Gasteiger partial charge in [0.15, 0.2) is 0 Å². The highest BCUT2D eigenvalue weighted by atomic mass is 79.9. The lowest BCUT2D eigenvalue weighted by Crippen LogP contribution is -2.35. The van der Waals surface area contributed by atoms with Crippen LogP contribution in [0, 0.1) is 0 Å². The molecule has 0 aliphatic rings. The molecule has 1 aromatic heterocycles. The monoisotopic (exact) mass is 391 g/mol. The molecule has 7 heteroatoms. The number of hydrogen-bond acceptors (Lipinski definition) is 4. The third-order valence-electron chi connectivity index (χ3n) is 3.16. The van der Waals surface area contributed by atoms with Crippen molar-refractivity contribution in [3.05, 3.63) is 52.6 Å². The average Bonchev–Trinajstić information content (AvgIpc) is 2.57. The molecule has 2 rings (SSSR count). The molecule has 24 heavy (non-hydrogen) atoms. The fourth-order valence-corrected chi connectivity index (χ4v) is 2.43. The highest BCUT2D eigenvalue weighted by molar-refractivity contribution is 9.10. The Kier molecular flexibility index (Phi) is 6.31. The number of likely N-dealkylation sites (N-methyl/N-ethyl adjacent to an activating group) is 1. The van der Waals surface area contributed by atoms with Crippen molar-refractivity contribution in [2.75, 3.05) is 25.5 Å². The maximum Gasteiger partial charge on any atom is 0.259 e. The summed E-state index contributed by atoms with van der Waals surface area (Å²) in [4.78, 5) is 30.0. The van der Waals surface area contributed by atoms with E-state index in [2.05, 4.69) is 26.2 Å². The Labute approximate surface area is 149 Å². The second-order valence-electron chi connectivity index (χ2n) is 4.98. The standard InChI is InChI=1S/C17H18BrN3O3/c1-3-24-16-12(7-6-10-19-16)17(23)21(2)11-15(22)20-14-9-5-4-8-13(14)18/h4-10H,3,11H2,1-2H3,(H,20,22). The lowest BCUT2D eigenvalue weighted by atomic mass is 10.2. The number of nitrogens with one attached hydrogen (secondary N) is 1. The van der Waals surface area contributed by atoms with E-state index >= 15 is 0 Å². The molecule has 0 radical (unpaired) electrons. The summed E-state index contributed by atoms with van der Waals surface area (Å²) in [5.41, 5.74) is 0.982. The molecule has 0 aliphatic carbocycles. The lowest BCUT2D eigenvalue weighted by molar-refractivity contribution is -0.116. The van der Waals surface area contributed by atoms with E-state index in [0.717, 1.165) is 4.47 Å². The van der Waals surface area contributed by atoms with Crippen LogP contribution in [0.5, 0.6) is 5.88 Å². The fraction of sp³-hybridized carbons (Fsp3) is 0.235. The Bertz CT molecular complexity index is 737. The summed E-state index contributed by atoms with van der Waals surface area (Å²) >= 11 is 3.36. The molecule has 0 atom stereocenters. The minimum Gasteiger partial charge on any atom is -0.477 e. The van der Waals surface area contributed by atoms with Crippen molar-refractivity contribution in [2.45, 2.75) is 6.92 Å².